The van der Waals surface area contributed by atoms with Crippen LogP contribution >= 0.6 is 0 Å². The summed E-state index contributed by atoms with van der Waals surface area (Å²) in [7, 11) is 1.26. The van der Waals surface area contributed by atoms with Gasteiger partial charge in [-0.2, -0.15) is 0 Å². The van der Waals surface area contributed by atoms with E-state index in [0.29, 0.717) is 11.3 Å². The maximum atomic E-state index is 13.4. The van der Waals surface area contributed by atoms with E-state index in [2.05, 4.69) is 10.2 Å². The Morgan fingerprint density at radius 3 is 2.52 bits per heavy atom. The first-order valence-corrected chi connectivity index (χ1v) is 6.02. The van der Waals surface area contributed by atoms with Crippen LogP contribution in [-0.2, 0) is 9.57 Å². The SMILES string of the molecule is COC(=O)c1cccc(NOC(=O)c2ccccc2F)c1. The van der Waals surface area contributed by atoms with Crippen molar-refractivity contribution in [2.75, 3.05) is 12.6 Å². The molecule has 0 atom stereocenters. The largest absolute Gasteiger partial charge is 0.465 e. The highest BCUT2D eigenvalue weighted by Gasteiger charge is 2.13. The van der Waals surface area contributed by atoms with Crippen molar-refractivity contribution in [3.63, 3.8) is 0 Å². The van der Waals surface area contributed by atoms with Crippen LogP contribution in [0.5, 0.6) is 0 Å². The number of methoxy groups -OCH3 is 1. The van der Waals surface area contributed by atoms with Crippen LogP contribution in [-0.4, -0.2) is 19.0 Å². The van der Waals surface area contributed by atoms with Gasteiger partial charge in [-0.25, -0.2) is 19.5 Å². The monoisotopic (exact) mass is 289 g/mol. The number of halogens is 1. The van der Waals surface area contributed by atoms with E-state index in [1.165, 1.54) is 31.4 Å². The minimum Gasteiger partial charge on any atom is -0.465 e. The summed E-state index contributed by atoms with van der Waals surface area (Å²) in [4.78, 5) is 27.8. The second-order valence-corrected chi connectivity index (χ2v) is 4.04. The smallest absolute Gasteiger partial charge is 0.365 e. The quantitative estimate of drug-likeness (QED) is 0.692. The van der Waals surface area contributed by atoms with Gasteiger partial charge < -0.3 is 9.57 Å². The maximum Gasteiger partial charge on any atom is 0.365 e. The molecule has 0 saturated heterocycles. The molecular weight excluding hydrogens is 277 g/mol. The topological polar surface area (TPSA) is 64.6 Å². The number of ether oxygens (including phenoxy) is 1. The Bertz CT molecular complexity index is 672. The molecule has 21 heavy (non-hydrogen) atoms. The van der Waals surface area contributed by atoms with E-state index in [-0.39, 0.29) is 5.56 Å². The predicted octanol–water partition coefficient (Wildman–Crippen LogP) is 2.80. The molecule has 0 aliphatic heterocycles. The average molecular weight is 289 g/mol. The molecule has 1 N–H and O–H groups in total. The molecule has 0 radical (unpaired) electrons. The Balaban J connectivity index is 2.05. The lowest BCUT2D eigenvalue weighted by Gasteiger charge is -2.08. The van der Waals surface area contributed by atoms with Crippen LogP contribution in [0, 0.1) is 5.82 Å². The van der Waals surface area contributed by atoms with Gasteiger partial charge in [0.05, 0.1) is 23.9 Å². The van der Waals surface area contributed by atoms with Crippen molar-refractivity contribution < 1.29 is 23.6 Å². The summed E-state index contributed by atoms with van der Waals surface area (Å²) in [5.41, 5.74) is 2.84. The van der Waals surface area contributed by atoms with Crippen molar-refractivity contribution >= 4 is 17.6 Å². The summed E-state index contributed by atoms with van der Waals surface area (Å²) in [6.07, 6.45) is 0. The van der Waals surface area contributed by atoms with E-state index >= 15 is 0 Å². The third-order valence-electron chi connectivity index (χ3n) is 2.64. The summed E-state index contributed by atoms with van der Waals surface area (Å²) in [6.45, 7) is 0. The number of rotatable bonds is 4. The van der Waals surface area contributed by atoms with E-state index in [4.69, 9.17) is 4.84 Å². The first kappa shape index (κ1) is 14.5. The second-order valence-electron chi connectivity index (χ2n) is 4.04. The van der Waals surface area contributed by atoms with Crippen LogP contribution in [0.25, 0.3) is 0 Å². The Morgan fingerprint density at radius 2 is 1.81 bits per heavy atom. The van der Waals surface area contributed by atoms with Crippen molar-refractivity contribution in [1.82, 2.24) is 0 Å². The predicted molar refractivity (Wildman–Crippen MR) is 73.2 cm³/mol. The summed E-state index contributed by atoms with van der Waals surface area (Å²) < 4.78 is 18.0. The third-order valence-corrected chi connectivity index (χ3v) is 2.64. The molecule has 0 unspecified atom stereocenters. The Morgan fingerprint density at radius 1 is 1.05 bits per heavy atom. The lowest BCUT2D eigenvalue weighted by atomic mass is 10.2. The Labute approximate surface area is 120 Å². The highest BCUT2D eigenvalue weighted by atomic mass is 19.1. The molecule has 2 aromatic rings. The minimum atomic E-state index is -0.864. The van der Waals surface area contributed by atoms with Gasteiger partial charge in [-0.3, -0.25) is 0 Å². The fourth-order valence-corrected chi connectivity index (χ4v) is 1.61. The molecule has 108 valence electrons. The average Bonchev–Trinajstić information content (AvgIpc) is 2.52. The van der Waals surface area contributed by atoms with Crippen molar-refractivity contribution in [3.8, 4) is 0 Å². The molecule has 2 aromatic carbocycles. The first-order valence-electron chi connectivity index (χ1n) is 6.02. The number of carbonyl (C=O) groups is 2. The zero-order valence-corrected chi connectivity index (χ0v) is 11.1. The second kappa shape index (κ2) is 6.51. The molecule has 0 spiro atoms. The van der Waals surface area contributed by atoms with Gasteiger partial charge in [0.2, 0.25) is 0 Å². The van der Waals surface area contributed by atoms with Crippen molar-refractivity contribution in [2.45, 2.75) is 0 Å². The van der Waals surface area contributed by atoms with E-state index < -0.39 is 17.8 Å². The van der Waals surface area contributed by atoms with Crippen LogP contribution < -0.4 is 5.48 Å². The van der Waals surface area contributed by atoms with Crippen molar-refractivity contribution in [3.05, 3.63) is 65.5 Å². The van der Waals surface area contributed by atoms with Crippen LogP contribution in [0.15, 0.2) is 48.5 Å². The van der Waals surface area contributed by atoms with E-state index in [0.717, 1.165) is 6.07 Å². The number of hydrogen-bond donors (Lipinski definition) is 1. The van der Waals surface area contributed by atoms with E-state index in [1.54, 1.807) is 18.2 Å². The molecule has 5 nitrogen and oxygen atoms in total. The fraction of sp³-hybridized carbons (Fsp3) is 0.0667. The van der Waals surface area contributed by atoms with Gasteiger partial charge in [-0.15, -0.1) is 0 Å². The number of esters is 1. The fourth-order valence-electron chi connectivity index (χ4n) is 1.61. The molecule has 0 saturated carbocycles. The van der Waals surface area contributed by atoms with Gasteiger partial charge in [0.1, 0.15) is 5.82 Å². The zero-order valence-electron chi connectivity index (χ0n) is 11.1. The lowest BCUT2D eigenvalue weighted by molar-refractivity contribution is 0.0589. The zero-order chi connectivity index (χ0) is 15.2. The van der Waals surface area contributed by atoms with Gasteiger partial charge in [-0.1, -0.05) is 18.2 Å². The molecule has 0 aliphatic rings. The molecular formula is C15H12FNO4. The molecule has 0 fully saturated rings. The standard InChI is InChI=1S/C15H12FNO4/c1-20-14(18)10-5-4-6-11(9-10)17-21-15(19)12-7-2-3-8-13(12)16/h2-9,17H,1H3. The highest BCUT2D eigenvalue weighted by Crippen LogP contribution is 2.13. The summed E-state index contributed by atoms with van der Waals surface area (Å²) in [5.74, 6) is -2.05. The summed E-state index contributed by atoms with van der Waals surface area (Å²) >= 11 is 0. The van der Waals surface area contributed by atoms with Gasteiger partial charge in [0.15, 0.2) is 0 Å². The van der Waals surface area contributed by atoms with Crippen LogP contribution in [0.4, 0.5) is 10.1 Å². The van der Waals surface area contributed by atoms with Crippen molar-refractivity contribution in [2.24, 2.45) is 0 Å². The number of anilines is 1. The van der Waals surface area contributed by atoms with Crippen molar-refractivity contribution in [1.29, 1.82) is 0 Å². The number of nitrogens with one attached hydrogen (secondary N) is 1. The van der Waals surface area contributed by atoms with Gasteiger partial charge in [-0.05, 0) is 30.3 Å². The molecule has 0 aliphatic carbocycles. The Hall–Kier alpha value is -2.89. The molecule has 0 heterocycles. The molecule has 0 amide bonds. The molecule has 2 rings (SSSR count). The molecule has 6 heteroatoms. The van der Waals surface area contributed by atoms with E-state index in [1.807, 2.05) is 0 Å². The van der Waals surface area contributed by atoms with Crippen LogP contribution in [0.2, 0.25) is 0 Å². The van der Waals surface area contributed by atoms with E-state index in [9.17, 15) is 14.0 Å². The minimum absolute atomic E-state index is 0.186. The first-order chi connectivity index (χ1) is 10.1. The van der Waals surface area contributed by atoms with Gasteiger partial charge in [0, 0.05) is 0 Å². The Kier molecular flexibility index (Phi) is 4.50. The number of benzene rings is 2. The van der Waals surface area contributed by atoms with Crippen LogP contribution in [0.1, 0.15) is 20.7 Å². The lowest BCUT2D eigenvalue weighted by Crippen LogP contribution is -2.12. The molecule has 0 bridgehead atoms. The summed E-state index contributed by atoms with van der Waals surface area (Å²) in [5, 5.41) is 0. The number of hydrogen-bond acceptors (Lipinski definition) is 5. The normalized spacial score (nSPS) is 9.81. The number of carbonyl (C=O) groups excluding carboxylic acids is 2. The third kappa shape index (κ3) is 3.56. The molecule has 0 aromatic heterocycles. The van der Waals surface area contributed by atoms with Crippen LogP contribution in [0.3, 0.4) is 0 Å². The highest BCUT2D eigenvalue weighted by molar-refractivity contribution is 5.91. The van der Waals surface area contributed by atoms with Gasteiger partial charge >= 0.3 is 11.9 Å². The summed E-state index contributed by atoms with van der Waals surface area (Å²) in [6, 6.07) is 11.6. The maximum absolute atomic E-state index is 13.4. The van der Waals surface area contributed by atoms with Gasteiger partial charge in [0.25, 0.3) is 0 Å².